The zero-order valence-corrected chi connectivity index (χ0v) is 14.5. The van der Waals surface area contributed by atoms with Crippen LogP contribution in [0, 0.1) is 20.8 Å². The quantitative estimate of drug-likeness (QED) is 0.643. The molecule has 0 radical (unpaired) electrons. The van der Waals surface area contributed by atoms with Crippen molar-refractivity contribution in [2.75, 3.05) is 6.61 Å². The second-order valence-electron chi connectivity index (χ2n) is 5.49. The smallest absolute Gasteiger partial charge is 0.277 e. The number of phenols is 1. The van der Waals surface area contributed by atoms with Crippen LogP contribution in [0.5, 0.6) is 11.5 Å². The molecule has 0 aliphatic heterocycles. The summed E-state index contributed by atoms with van der Waals surface area (Å²) in [5.41, 5.74) is 5.56. The number of ether oxygens (including phenoxy) is 1. The molecule has 24 heavy (non-hydrogen) atoms. The molecule has 2 N–H and O–H groups in total. The van der Waals surface area contributed by atoms with Gasteiger partial charge >= 0.3 is 0 Å². The molecule has 0 saturated carbocycles. The summed E-state index contributed by atoms with van der Waals surface area (Å²) < 4.78 is 5.43. The van der Waals surface area contributed by atoms with Crippen LogP contribution in [0.2, 0.25) is 5.02 Å². The van der Waals surface area contributed by atoms with E-state index in [1.807, 2.05) is 6.92 Å². The average Bonchev–Trinajstić information content (AvgIpc) is 2.51. The minimum Gasteiger partial charge on any atom is -0.507 e. The Bertz CT molecular complexity index is 765. The zero-order chi connectivity index (χ0) is 17.7. The van der Waals surface area contributed by atoms with Gasteiger partial charge in [-0.15, -0.1) is 0 Å². The van der Waals surface area contributed by atoms with Crippen molar-refractivity contribution in [3.05, 3.63) is 57.6 Å². The molecule has 0 bridgehead atoms. The van der Waals surface area contributed by atoms with Gasteiger partial charge in [-0.25, -0.2) is 5.43 Å². The summed E-state index contributed by atoms with van der Waals surface area (Å²) in [6.45, 7) is 5.32. The van der Waals surface area contributed by atoms with Crippen LogP contribution in [0.4, 0.5) is 0 Å². The summed E-state index contributed by atoms with van der Waals surface area (Å²) in [4.78, 5) is 11.8. The van der Waals surface area contributed by atoms with Crippen LogP contribution in [0.25, 0.3) is 0 Å². The third kappa shape index (κ3) is 4.73. The van der Waals surface area contributed by atoms with Crippen LogP contribution < -0.4 is 10.2 Å². The number of hydrogen-bond acceptors (Lipinski definition) is 4. The molecule has 1 amide bonds. The Morgan fingerprint density at radius 1 is 1.21 bits per heavy atom. The summed E-state index contributed by atoms with van der Waals surface area (Å²) in [5.74, 6) is 0.499. The lowest BCUT2D eigenvalue weighted by atomic mass is 10.1. The van der Waals surface area contributed by atoms with Crippen LogP contribution in [-0.2, 0) is 4.79 Å². The number of aryl methyl sites for hydroxylation is 3. The van der Waals surface area contributed by atoms with E-state index in [0.717, 1.165) is 22.3 Å². The highest BCUT2D eigenvalue weighted by Gasteiger charge is 2.05. The Hall–Kier alpha value is -2.53. The molecule has 0 spiro atoms. The number of hydrogen-bond donors (Lipinski definition) is 2. The lowest BCUT2D eigenvalue weighted by Crippen LogP contribution is -2.24. The van der Waals surface area contributed by atoms with Crippen molar-refractivity contribution in [3.63, 3.8) is 0 Å². The summed E-state index contributed by atoms with van der Waals surface area (Å²) in [6, 6.07) is 8.76. The van der Waals surface area contributed by atoms with Gasteiger partial charge in [0.05, 0.1) is 6.21 Å². The maximum Gasteiger partial charge on any atom is 0.277 e. The molecule has 0 aromatic heterocycles. The first kappa shape index (κ1) is 17.8. The molecule has 0 heterocycles. The number of rotatable bonds is 5. The predicted octanol–water partition coefficient (Wildman–Crippen LogP) is 3.50. The van der Waals surface area contributed by atoms with Gasteiger partial charge in [0.25, 0.3) is 5.91 Å². The SMILES string of the molecule is Cc1cc(Cl)ccc1OCC(=O)N/N=C/c1cc(C)c(O)c(C)c1. The topological polar surface area (TPSA) is 70.9 Å². The molecule has 126 valence electrons. The zero-order valence-electron chi connectivity index (χ0n) is 13.8. The lowest BCUT2D eigenvalue weighted by Gasteiger charge is -2.08. The maximum atomic E-state index is 11.8. The molecular weight excluding hydrogens is 328 g/mol. The fourth-order valence-electron chi connectivity index (χ4n) is 2.19. The van der Waals surface area contributed by atoms with E-state index in [2.05, 4.69) is 10.5 Å². The molecule has 0 aliphatic rings. The van der Waals surface area contributed by atoms with Gasteiger partial charge in [-0.05, 0) is 73.4 Å². The normalized spacial score (nSPS) is 10.8. The van der Waals surface area contributed by atoms with E-state index in [0.29, 0.717) is 10.8 Å². The third-order valence-electron chi connectivity index (χ3n) is 3.41. The highest BCUT2D eigenvalue weighted by atomic mass is 35.5. The lowest BCUT2D eigenvalue weighted by molar-refractivity contribution is -0.123. The largest absolute Gasteiger partial charge is 0.507 e. The summed E-state index contributed by atoms with van der Waals surface area (Å²) in [7, 11) is 0. The molecular formula is C18H19ClN2O3. The van der Waals surface area contributed by atoms with Crippen molar-refractivity contribution >= 4 is 23.7 Å². The fourth-order valence-corrected chi connectivity index (χ4v) is 2.42. The van der Waals surface area contributed by atoms with Gasteiger partial charge in [0.1, 0.15) is 11.5 Å². The van der Waals surface area contributed by atoms with E-state index in [1.54, 1.807) is 44.2 Å². The summed E-state index contributed by atoms with van der Waals surface area (Å²) >= 11 is 5.87. The third-order valence-corrected chi connectivity index (χ3v) is 3.65. The number of carbonyl (C=O) groups is 1. The molecule has 2 aromatic rings. The van der Waals surface area contributed by atoms with Gasteiger partial charge < -0.3 is 9.84 Å². The number of phenolic OH excluding ortho intramolecular Hbond substituents is 1. The van der Waals surface area contributed by atoms with E-state index in [9.17, 15) is 9.90 Å². The second-order valence-corrected chi connectivity index (χ2v) is 5.93. The molecule has 6 heteroatoms. The van der Waals surface area contributed by atoms with E-state index in [1.165, 1.54) is 6.21 Å². The standard InChI is InChI=1S/C18H19ClN2O3/c1-11-8-15(19)4-5-16(11)24-10-17(22)21-20-9-14-6-12(2)18(23)13(3)7-14/h4-9,23H,10H2,1-3H3,(H,21,22)/b20-9+. The number of benzene rings is 2. The van der Waals surface area contributed by atoms with Crippen LogP contribution in [0.1, 0.15) is 22.3 Å². The number of halogens is 1. The van der Waals surface area contributed by atoms with E-state index >= 15 is 0 Å². The Labute approximate surface area is 145 Å². The summed E-state index contributed by atoms with van der Waals surface area (Å²) in [6.07, 6.45) is 1.52. The number of amides is 1. The van der Waals surface area contributed by atoms with E-state index in [4.69, 9.17) is 16.3 Å². The molecule has 0 fully saturated rings. The Morgan fingerprint density at radius 2 is 1.88 bits per heavy atom. The molecule has 0 aliphatic carbocycles. The first-order valence-corrected chi connectivity index (χ1v) is 7.75. The van der Waals surface area contributed by atoms with E-state index in [-0.39, 0.29) is 18.3 Å². The fraction of sp³-hybridized carbons (Fsp3) is 0.222. The first-order chi connectivity index (χ1) is 11.4. The van der Waals surface area contributed by atoms with Crippen LogP contribution in [-0.4, -0.2) is 23.8 Å². The highest BCUT2D eigenvalue weighted by molar-refractivity contribution is 6.30. The first-order valence-electron chi connectivity index (χ1n) is 7.38. The Balaban J connectivity index is 1.89. The Kier molecular flexibility index (Phi) is 5.82. The average molecular weight is 347 g/mol. The molecule has 0 saturated heterocycles. The van der Waals surface area contributed by atoms with Gasteiger partial charge in [0.2, 0.25) is 0 Å². The predicted molar refractivity (Wildman–Crippen MR) is 95.0 cm³/mol. The van der Waals surface area contributed by atoms with Gasteiger partial charge in [0, 0.05) is 5.02 Å². The van der Waals surface area contributed by atoms with Crippen molar-refractivity contribution in [2.45, 2.75) is 20.8 Å². The number of aromatic hydroxyl groups is 1. The van der Waals surface area contributed by atoms with Gasteiger partial charge in [-0.3, -0.25) is 4.79 Å². The van der Waals surface area contributed by atoms with Gasteiger partial charge in [-0.1, -0.05) is 11.6 Å². The second kappa shape index (κ2) is 7.84. The maximum absolute atomic E-state index is 11.8. The monoisotopic (exact) mass is 346 g/mol. The minimum absolute atomic E-state index is 0.145. The molecule has 0 atom stereocenters. The van der Waals surface area contributed by atoms with Crippen LogP contribution >= 0.6 is 11.6 Å². The Morgan fingerprint density at radius 3 is 2.50 bits per heavy atom. The van der Waals surface area contributed by atoms with Crippen molar-refractivity contribution in [2.24, 2.45) is 5.10 Å². The highest BCUT2D eigenvalue weighted by Crippen LogP contribution is 2.22. The van der Waals surface area contributed by atoms with Crippen molar-refractivity contribution < 1.29 is 14.6 Å². The molecule has 5 nitrogen and oxygen atoms in total. The number of nitrogens with zero attached hydrogens (tertiary/aromatic N) is 1. The molecule has 2 rings (SSSR count). The van der Waals surface area contributed by atoms with Crippen LogP contribution in [0.15, 0.2) is 35.4 Å². The van der Waals surface area contributed by atoms with Crippen molar-refractivity contribution in [1.82, 2.24) is 5.43 Å². The van der Waals surface area contributed by atoms with Crippen LogP contribution in [0.3, 0.4) is 0 Å². The van der Waals surface area contributed by atoms with Crippen molar-refractivity contribution in [3.8, 4) is 11.5 Å². The molecule has 2 aromatic carbocycles. The number of carbonyl (C=O) groups excluding carboxylic acids is 1. The van der Waals surface area contributed by atoms with Crippen molar-refractivity contribution in [1.29, 1.82) is 0 Å². The molecule has 0 unspecified atom stereocenters. The van der Waals surface area contributed by atoms with Gasteiger partial charge in [-0.2, -0.15) is 5.10 Å². The number of hydrazone groups is 1. The van der Waals surface area contributed by atoms with Gasteiger partial charge in [0.15, 0.2) is 6.61 Å². The summed E-state index contributed by atoms with van der Waals surface area (Å²) in [5, 5.41) is 14.2. The van der Waals surface area contributed by atoms with E-state index < -0.39 is 0 Å². The number of nitrogens with one attached hydrogen (secondary N) is 1. The minimum atomic E-state index is -0.368.